The highest BCUT2D eigenvalue weighted by Gasteiger charge is 2.58. The van der Waals surface area contributed by atoms with E-state index >= 15 is 0 Å². The Morgan fingerprint density at radius 3 is 2.50 bits per heavy atom. The van der Waals surface area contributed by atoms with Crippen molar-refractivity contribution in [3.05, 3.63) is 24.3 Å². The van der Waals surface area contributed by atoms with Crippen LogP contribution >= 0.6 is 0 Å². The topological polar surface area (TPSA) is 146 Å². The van der Waals surface area contributed by atoms with Gasteiger partial charge in [-0.25, -0.2) is 0 Å². The lowest BCUT2D eigenvalue weighted by molar-refractivity contribution is -0.316. The summed E-state index contributed by atoms with van der Waals surface area (Å²) in [5.41, 5.74) is 1.44. The molecule has 2 aliphatic carbocycles. The second-order valence-electron chi connectivity index (χ2n) is 8.96. The number of rotatable bonds is 3. The van der Waals surface area contributed by atoms with Crippen molar-refractivity contribution >= 4 is 5.97 Å². The highest BCUT2D eigenvalue weighted by Crippen LogP contribution is 2.53. The predicted octanol–water partition coefficient (Wildman–Crippen LogP) is -1.14. The maximum Gasteiger partial charge on any atom is 0.309 e. The zero-order valence-corrected chi connectivity index (χ0v) is 16.8. The van der Waals surface area contributed by atoms with Gasteiger partial charge in [-0.2, -0.15) is 0 Å². The van der Waals surface area contributed by atoms with Gasteiger partial charge in [-0.15, -0.1) is 0 Å². The summed E-state index contributed by atoms with van der Waals surface area (Å²) < 4.78 is 17.3. The molecule has 0 bridgehead atoms. The van der Waals surface area contributed by atoms with Gasteiger partial charge in [0.25, 0.3) is 0 Å². The maximum absolute atomic E-state index is 12.4. The zero-order chi connectivity index (χ0) is 21.9. The van der Waals surface area contributed by atoms with Gasteiger partial charge in [0.1, 0.15) is 30.5 Å². The summed E-state index contributed by atoms with van der Waals surface area (Å²) in [6.07, 6.45) is -8.06. The van der Waals surface area contributed by atoms with Gasteiger partial charge in [0, 0.05) is 11.8 Å². The average Bonchev–Trinajstić information content (AvgIpc) is 3.13. The van der Waals surface area contributed by atoms with Gasteiger partial charge in [-0.3, -0.25) is 4.79 Å². The summed E-state index contributed by atoms with van der Waals surface area (Å²) in [6.45, 7) is 9.38. The van der Waals surface area contributed by atoms with Crippen LogP contribution in [0.2, 0.25) is 0 Å². The second kappa shape index (κ2) is 7.98. The van der Waals surface area contributed by atoms with E-state index in [2.05, 4.69) is 13.2 Å². The van der Waals surface area contributed by atoms with Crippen LogP contribution in [0.25, 0.3) is 0 Å². The van der Waals surface area contributed by atoms with Crippen molar-refractivity contribution in [1.29, 1.82) is 0 Å². The van der Waals surface area contributed by atoms with E-state index in [0.717, 1.165) is 5.57 Å². The number of hydrogen-bond acceptors (Lipinski definition) is 9. The van der Waals surface area contributed by atoms with Crippen molar-refractivity contribution in [2.24, 2.45) is 23.7 Å². The van der Waals surface area contributed by atoms with E-state index in [1.54, 1.807) is 6.92 Å². The Labute approximate surface area is 174 Å². The van der Waals surface area contributed by atoms with E-state index in [-0.39, 0.29) is 17.8 Å². The molecule has 2 heterocycles. The van der Waals surface area contributed by atoms with E-state index < -0.39 is 67.5 Å². The third-order valence-electron chi connectivity index (χ3n) is 7.28. The van der Waals surface area contributed by atoms with Gasteiger partial charge >= 0.3 is 5.97 Å². The van der Waals surface area contributed by atoms with Crippen LogP contribution in [0.3, 0.4) is 0 Å². The molecule has 30 heavy (non-hydrogen) atoms. The molecule has 9 heteroatoms. The first kappa shape index (κ1) is 21.9. The Kier molecular flexibility index (Phi) is 5.82. The number of fused-ring (bicyclic) bond motifs is 3. The van der Waals surface area contributed by atoms with Crippen molar-refractivity contribution in [1.82, 2.24) is 0 Å². The highest BCUT2D eigenvalue weighted by molar-refractivity contribution is 5.75. The van der Waals surface area contributed by atoms with Crippen molar-refractivity contribution < 1.29 is 44.5 Å². The molecule has 168 valence electrons. The number of aliphatic hydroxyl groups is 5. The van der Waals surface area contributed by atoms with E-state index in [1.807, 2.05) is 0 Å². The van der Waals surface area contributed by atoms with Crippen LogP contribution in [0, 0.1) is 23.7 Å². The molecule has 0 amide bonds. The normalized spacial score (nSPS) is 51.3. The maximum atomic E-state index is 12.4. The molecular formula is C21H30O9. The number of ether oxygens (including phenoxy) is 3. The van der Waals surface area contributed by atoms with Gasteiger partial charge < -0.3 is 39.7 Å². The SMILES string of the molecule is C=C1[C@@H]2[C@H]3OC(=O)[C@@H](C)[C@@H]3[C@@H](O[C@H]3O[C@@H](CO)[C@H](O)[C@@H](O)[C@@H]3O)CC(=C)[C@@H]2C[C@H]1O. The fraction of sp³-hybridized carbons (Fsp3) is 0.762. The lowest BCUT2D eigenvalue weighted by atomic mass is 9.79. The number of aliphatic hydroxyl groups excluding tert-OH is 5. The third-order valence-corrected chi connectivity index (χ3v) is 7.28. The highest BCUT2D eigenvalue weighted by atomic mass is 16.7. The van der Waals surface area contributed by atoms with Crippen molar-refractivity contribution in [3.8, 4) is 0 Å². The minimum atomic E-state index is -1.56. The molecule has 0 aromatic carbocycles. The molecule has 4 aliphatic rings. The summed E-state index contributed by atoms with van der Waals surface area (Å²) >= 11 is 0. The summed E-state index contributed by atoms with van der Waals surface area (Å²) in [5, 5.41) is 50.2. The van der Waals surface area contributed by atoms with Crippen LogP contribution in [0.4, 0.5) is 0 Å². The molecular weight excluding hydrogens is 396 g/mol. The molecule has 2 saturated heterocycles. The zero-order valence-electron chi connectivity index (χ0n) is 16.8. The molecule has 12 atom stereocenters. The number of carbonyl (C=O) groups is 1. The molecule has 0 aromatic rings. The first-order chi connectivity index (χ1) is 14.1. The van der Waals surface area contributed by atoms with Crippen molar-refractivity contribution in [2.75, 3.05) is 6.61 Å². The van der Waals surface area contributed by atoms with Gasteiger partial charge in [0.05, 0.1) is 24.7 Å². The van der Waals surface area contributed by atoms with E-state index in [1.165, 1.54) is 0 Å². The molecule has 2 aliphatic heterocycles. The van der Waals surface area contributed by atoms with E-state index in [9.17, 15) is 30.3 Å². The summed E-state index contributed by atoms with van der Waals surface area (Å²) in [5.74, 6) is -1.65. The van der Waals surface area contributed by atoms with E-state index in [4.69, 9.17) is 14.2 Å². The Hall–Kier alpha value is -1.33. The summed E-state index contributed by atoms with van der Waals surface area (Å²) in [7, 11) is 0. The van der Waals surface area contributed by atoms with Crippen LogP contribution in [0.15, 0.2) is 24.3 Å². The number of carbonyl (C=O) groups excluding carboxylic acids is 1. The lowest BCUT2D eigenvalue weighted by Gasteiger charge is -2.42. The van der Waals surface area contributed by atoms with Gasteiger partial charge in [-0.05, 0) is 24.3 Å². The fourth-order valence-electron chi connectivity index (χ4n) is 5.52. The van der Waals surface area contributed by atoms with Crippen LogP contribution in [-0.2, 0) is 19.0 Å². The standard InChI is InChI=1S/C21H30O9/c1-7-4-12(28-21-18(26)17(25)16(24)13(6-22)29-21)15-9(3)20(27)30-19(15)14-8(2)11(23)5-10(7)14/h9-19,21-26H,1-2,4-6H2,3H3/t9-,10-,11+,12-,13-,14-,15+,16-,17+,18-,19+,21-/m0/s1. The minimum Gasteiger partial charge on any atom is -0.461 e. The molecule has 0 radical (unpaired) electrons. The predicted molar refractivity (Wildman–Crippen MR) is 102 cm³/mol. The average molecular weight is 426 g/mol. The van der Waals surface area contributed by atoms with Gasteiger partial charge in [0.15, 0.2) is 6.29 Å². The largest absolute Gasteiger partial charge is 0.461 e. The monoisotopic (exact) mass is 426 g/mol. The van der Waals surface area contributed by atoms with E-state index in [0.29, 0.717) is 18.4 Å². The minimum absolute atomic E-state index is 0.110. The number of hydrogen-bond donors (Lipinski definition) is 5. The van der Waals surface area contributed by atoms with Crippen molar-refractivity contribution in [3.63, 3.8) is 0 Å². The van der Waals surface area contributed by atoms with Crippen LogP contribution < -0.4 is 0 Å². The fourth-order valence-corrected chi connectivity index (χ4v) is 5.52. The Morgan fingerprint density at radius 2 is 1.83 bits per heavy atom. The molecule has 2 saturated carbocycles. The molecule has 4 fully saturated rings. The van der Waals surface area contributed by atoms with Crippen LogP contribution in [0.1, 0.15) is 19.8 Å². The van der Waals surface area contributed by atoms with Gasteiger partial charge in [0.2, 0.25) is 0 Å². The molecule has 9 nitrogen and oxygen atoms in total. The van der Waals surface area contributed by atoms with Crippen molar-refractivity contribution in [2.45, 2.75) is 68.8 Å². The van der Waals surface area contributed by atoms with Gasteiger partial charge in [-0.1, -0.05) is 25.7 Å². The molecule has 0 spiro atoms. The Bertz CT molecular complexity index is 721. The first-order valence-electron chi connectivity index (χ1n) is 10.4. The second-order valence-corrected chi connectivity index (χ2v) is 8.96. The molecule has 0 aromatic heterocycles. The lowest BCUT2D eigenvalue weighted by Crippen LogP contribution is -2.60. The molecule has 4 rings (SSSR count). The van der Waals surface area contributed by atoms with Crippen LogP contribution in [-0.4, -0.2) is 87.1 Å². The first-order valence-corrected chi connectivity index (χ1v) is 10.4. The quantitative estimate of drug-likeness (QED) is 0.279. The summed E-state index contributed by atoms with van der Waals surface area (Å²) in [6, 6.07) is 0. The molecule has 5 N–H and O–H groups in total. The summed E-state index contributed by atoms with van der Waals surface area (Å²) in [4.78, 5) is 12.4. The van der Waals surface area contributed by atoms with Crippen LogP contribution in [0.5, 0.6) is 0 Å². The Morgan fingerprint density at radius 1 is 1.13 bits per heavy atom. The number of esters is 1. The smallest absolute Gasteiger partial charge is 0.309 e. The molecule has 0 unspecified atom stereocenters. The third kappa shape index (κ3) is 3.33. The Balaban J connectivity index is 1.62.